The number of nitrogens with zero attached hydrogens (tertiary/aromatic N) is 1. The molecule has 1 aromatic carbocycles. The van der Waals surface area contributed by atoms with Crippen LogP contribution in [-0.4, -0.2) is 17.1 Å². The van der Waals surface area contributed by atoms with Crippen molar-refractivity contribution in [2.45, 2.75) is 32.4 Å². The zero-order chi connectivity index (χ0) is 13.5. The summed E-state index contributed by atoms with van der Waals surface area (Å²) in [6.45, 7) is 2.12. The number of halogens is 2. The first-order valence-electron chi connectivity index (χ1n) is 5.70. The van der Waals surface area contributed by atoms with Crippen LogP contribution in [-0.2, 0) is 6.54 Å². The van der Waals surface area contributed by atoms with E-state index >= 15 is 0 Å². The van der Waals surface area contributed by atoms with Crippen molar-refractivity contribution in [3.63, 3.8) is 0 Å². The highest BCUT2D eigenvalue weighted by molar-refractivity contribution is 5.80. The first-order chi connectivity index (χ1) is 8.56. The standard InChI is InChI=1S/C12H17F2N3O/c1-2-10(6-12(15)17-18)16-7-8-5-9(13)3-4-11(8)14/h3-5,10,16,18H,2,6-7H2,1H3,(H2,15,17). The van der Waals surface area contributed by atoms with Crippen molar-refractivity contribution in [3.05, 3.63) is 35.4 Å². The Balaban J connectivity index is 2.59. The van der Waals surface area contributed by atoms with Crippen LogP contribution in [0.1, 0.15) is 25.3 Å². The molecule has 4 N–H and O–H groups in total. The average molecular weight is 257 g/mol. The average Bonchev–Trinajstić information content (AvgIpc) is 2.37. The van der Waals surface area contributed by atoms with E-state index in [2.05, 4.69) is 10.5 Å². The molecule has 0 aliphatic carbocycles. The highest BCUT2D eigenvalue weighted by Gasteiger charge is 2.10. The van der Waals surface area contributed by atoms with Crippen LogP contribution in [0.25, 0.3) is 0 Å². The third-order valence-corrected chi connectivity index (χ3v) is 2.67. The molecule has 18 heavy (non-hydrogen) atoms. The van der Waals surface area contributed by atoms with Gasteiger partial charge in [-0.1, -0.05) is 12.1 Å². The van der Waals surface area contributed by atoms with E-state index in [1.54, 1.807) is 0 Å². The zero-order valence-electron chi connectivity index (χ0n) is 10.2. The lowest BCUT2D eigenvalue weighted by molar-refractivity contribution is 0.315. The molecule has 4 nitrogen and oxygen atoms in total. The summed E-state index contributed by atoms with van der Waals surface area (Å²) in [6, 6.07) is 3.27. The van der Waals surface area contributed by atoms with Crippen LogP contribution < -0.4 is 11.1 Å². The molecule has 0 saturated carbocycles. The lowest BCUT2D eigenvalue weighted by Gasteiger charge is -2.16. The second-order valence-corrected chi connectivity index (χ2v) is 4.02. The second-order valence-electron chi connectivity index (χ2n) is 4.02. The Hall–Kier alpha value is -1.69. The molecule has 0 aliphatic rings. The third-order valence-electron chi connectivity index (χ3n) is 2.67. The lowest BCUT2D eigenvalue weighted by atomic mass is 10.1. The predicted molar refractivity (Wildman–Crippen MR) is 65.3 cm³/mol. The molecule has 1 atom stereocenters. The lowest BCUT2D eigenvalue weighted by Crippen LogP contribution is -2.33. The number of amidine groups is 1. The first kappa shape index (κ1) is 14.4. The molecule has 0 bridgehead atoms. The molecule has 0 aromatic heterocycles. The normalized spacial score (nSPS) is 13.6. The molecule has 1 unspecified atom stereocenters. The highest BCUT2D eigenvalue weighted by atomic mass is 19.1. The van der Waals surface area contributed by atoms with Crippen molar-refractivity contribution in [3.8, 4) is 0 Å². The maximum Gasteiger partial charge on any atom is 0.140 e. The van der Waals surface area contributed by atoms with Crippen LogP contribution in [0.4, 0.5) is 8.78 Å². The number of hydrogen-bond donors (Lipinski definition) is 3. The van der Waals surface area contributed by atoms with Crippen molar-refractivity contribution in [2.24, 2.45) is 10.9 Å². The molecule has 0 fully saturated rings. The Labute approximate surface area is 104 Å². The number of nitrogens with two attached hydrogens (primary N) is 1. The zero-order valence-corrected chi connectivity index (χ0v) is 10.2. The Bertz CT molecular complexity index is 424. The number of nitrogens with one attached hydrogen (secondary N) is 1. The summed E-state index contributed by atoms with van der Waals surface area (Å²) in [6.07, 6.45) is 1.08. The number of rotatable bonds is 6. The Morgan fingerprint density at radius 2 is 2.22 bits per heavy atom. The van der Waals surface area contributed by atoms with Gasteiger partial charge in [0.05, 0.1) is 0 Å². The molecule has 0 saturated heterocycles. The summed E-state index contributed by atoms with van der Waals surface area (Å²) in [5.41, 5.74) is 5.66. The van der Waals surface area contributed by atoms with Crippen LogP contribution in [0.2, 0.25) is 0 Å². The van der Waals surface area contributed by atoms with E-state index in [-0.39, 0.29) is 24.0 Å². The summed E-state index contributed by atoms with van der Waals surface area (Å²) >= 11 is 0. The SMILES string of the molecule is CCC(CC(N)=NO)NCc1cc(F)ccc1F. The topological polar surface area (TPSA) is 70.6 Å². The van der Waals surface area contributed by atoms with Crippen molar-refractivity contribution in [1.29, 1.82) is 0 Å². The molecular formula is C12H17F2N3O. The van der Waals surface area contributed by atoms with Gasteiger partial charge in [0.25, 0.3) is 0 Å². The van der Waals surface area contributed by atoms with Gasteiger partial charge in [-0.05, 0) is 24.6 Å². The van der Waals surface area contributed by atoms with Crippen molar-refractivity contribution in [2.75, 3.05) is 0 Å². The molecule has 0 aliphatic heterocycles. The maximum absolute atomic E-state index is 13.4. The minimum absolute atomic E-state index is 0.0523. The second kappa shape index (κ2) is 6.90. The minimum atomic E-state index is -0.474. The Morgan fingerprint density at radius 3 is 2.83 bits per heavy atom. The number of oxime groups is 1. The molecule has 1 aromatic rings. The molecule has 1 rings (SSSR count). The summed E-state index contributed by atoms with van der Waals surface area (Å²) in [4.78, 5) is 0. The van der Waals surface area contributed by atoms with Crippen molar-refractivity contribution >= 4 is 5.84 Å². The van der Waals surface area contributed by atoms with E-state index in [9.17, 15) is 8.78 Å². The fourth-order valence-corrected chi connectivity index (χ4v) is 1.59. The van der Waals surface area contributed by atoms with Crippen LogP contribution >= 0.6 is 0 Å². The van der Waals surface area contributed by atoms with Crippen LogP contribution in [0.15, 0.2) is 23.4 Å². The summed E-state index contributed by atoms with van der Waals surface area (Å²) in [5.74, 6) is -0.825. The largest absolute Gasteiger partial charge is 0.409 e. The Kier molecular flexibility index (Phi) is 5.51. The van der Waals surface area contributed by atoms with Crippen LogP contribution in [0.3, 0.4) is 0 Å². The van der Waals surface area contributed by atoms with Crippen LogP contribution in [0, 0.1) is 11.6 Å². The molecule has 100 valence electrons. The minimum Gasteiger partial charge on any atom is -0.409 e. The number of hydrogen-bond acceptors (Lipinski definition) is 3. The first-order valence-corrected chi connectivity index (χ1v) is 5.70. The van der Waals surface area contributed by atoms with Crippen molar-refractivity contribution < 1.29 is 14.0 Å². The van der Waals surface area contributed by atoms with Gasteiger partial charge >= 0.3 is 0 Å². The van der Waals surface area contributed by atoms with Gasteiger partial charge in [-0.3, -0.25) is 0 Å². The summed E-state index contributed by atoms with van der Waals surface area (Å²) in [5, 5.41) is 14.4. The molecule has 0 heterocycles. The van der Waals surface area contributed by atoms with Crippen LogP contribution in [0.5, 0.6) is 0 Å². The molecule has 0 radical (unpaired) electrons. The third kappa shape index (κ3) is 4.29. The monoisotopic (exact) mass is 257 g/mol. The van der Waals surface area contributed by atoms with Gasteiger partial charge in [0.1, 0.15) is 17.5 Å². The van der Waals surface area contributed by atoms with Gasteiger partial charge in [-0.25, -0.2) is 8.78 Å². The van der Waals surface area contributed by atoms with E-state index < -0.39 is 11.6 Å². The quantitative estimate of drug-likeness (QED) is 0.316. The fourth-order valence-electron chi connectivity index (χ4n) is 1.59. The van der Waals surface area contributed by atoms with E-state index in [0.29, 0.717) is 6.42 Å². The van der Waals surface area contributed by atoms with E-state index in [0.717, 1.165) is 24.6 Å². The van der Waals surface area contributed by atoms with Gasteiger partial charge < -0.3 is 16.3 Å². The van der Waals surface area contributed by atoms with Crippen molar-refractivity contribution in [1.82, 2.24) is 5.32 Å². The maximum atomic E-state index is 13.4. The number of benzene rings is 1. The molecular weight excluding hydrogens is 240 g/mol. The molecule has 6 heteroatoms. The molecule has 0 amide bonds. The fraction of sp³-hybridized carbons (Fsp3) is 0.417. The highest BCUT2D eigenvalue weighted by Crippen LogP contribution is 2.10. The van der Waals surface area contributed by atoms with Gasteiger partial charge in [0.2, 0.25) is 0 Å². The summed E-state index contributed by atoms with van der Waals surface area (Å²) in [7, 11) is 0. The van der Waals surface area contributed by atoms with E-state index in [1.807, 2.05) is 6.92 Å². The van der Waals surface area contributed by atoms with Gasteiger partial charge in [-0.15, -0.1) is 0 Å². The Morgan fingerprint density at radius 1 is 1.50 bits per heavy atom. The van der Waals surface area contributed by atoms with E-state index in [1.165, 1.54) is 0 Å². The summed E-state index contributed by atoms with van der Waals surface area (Å²) < 4.78 is 26.3. The van der Waals surface area contributed by atoms with E-state index in [4.69, 9.17) is 10.9 Å². The molecule has 0 spiro atoms. The van der Waals surface area contributed by atoms with Gasteiger partial charge in [0.15, 0.2) is 0 Å². The predicted octanol–water partition coefficient (Wildman–Crippen LogP) is 1.97. The van der Waals surface area contributed by atoms with Gasteiger partial charge in [-0.2, -0.15) is 0 Å². The van der Waals surface area contributed by atoms with Gasteiger partial charge in [0, 0.05) is 24.6 Å². The smallest absolute Gasteiger partial charge is 0.140 e.